The zero-order chi connectivity index (χ0) is 25.1. The number of amides is 1. The van der Waals surface area contributed by atoms with E-state index in [1.807, 2.05) is 21.6 Å². The highest BCUT2D eigenvalue weighted by molar-refractivity contribution is 5.84. The van der Waals surface area contributed by atoms with Crippen molar-refractivity contribution in [1.29, 1.82) is 0 Å². The van der Waals surface area contributed by atoms with Crippen LogP contribution in [0.5, 0.6) is 0 Å². The molecule has 0 spiro atoms. The number of carboxylic acid groups (broad SMARTS) is 1. The number of carbonyl (C=O) groups is 2. The van der Waals surface area contributed by atoms with Gasteiger partial charge in [-0.3, -0.25) is 9.59 Å². The Kier molecular flexibility index (Phi) is 5.39. The molecule has 3 aliphatic carbocycles. The van der Waals surface area contributed by atoms with Crippen LogP contribution in [-0.4, -0.2) is 38.0 Å². The summed E-state index contributed by atoms with van der Waals surface area (Å²) in [5.41, 5.74) is 2.50. The van der Waals surface area contributed by atoms with Gasteiger partial charge in [0.2, 0.25) is 5.91 Å². The molecule has 0 unspecified atom stereocenters. The molecule has 0 saturated heterocycles. The topological polar surface area (TPSA) is 75.4 Å². The van der Waals surface area contributed by atoms with Gasteiger partial charge in [-0.2, -0.15) is 0 Å². The second-order valence-electron chi connectivity index (χ2n) is 10.9. The Hall–Kier alpha value is -3.29. The van der Waals surface area contributed by atoms with Gasteiger partial charge in [-0.1, -0.05) is 6.07 Å². The molecule has 3 aromatic rings. The number of carbonyl (C=O) groups excluding carboxylic acids is 1. The molecule has 4 aliphatic rings. The first kappa shape index (κ1) is 23.1. The molecule has 2 bridgehead atoms. The van der Waals surface area contributed by atoms with Gasteiger partial charge in [-0.15, -0.1) is 0 Å². The Bertz CT molecular complexity index is 1360. The lowest BCUT2D eigenvalue weighted by Crippen LogP contribution is -2.48. The SMILES string of the molecule is O=C(CC12CCC(C(=O)O)(CC1)CC2)N1CCc2c(n(Cc3ccc(F)cc3F)c3ncccc23)C1. The van der Waals surface area contributed by atoms with Crippen LogP contribution >= 0.6 is 0 Å². The van der Waals surface area contributed by atoms with Crippen molar-refractivity contribution in [2.75, 3.05) is 6.54 Å². The van der Waals surface area contributed by atoms with Crippen LogP contribution in [0.15, 0.2) is 36.5 Å². The molecule has 3 fully saturated rings. The molecule has 1 amide bonds. The van der Waals surface area contributed by atoms with Gasteiger partial charge in [-0.05, 0) is 74.1 Å². The number of nitrogens with zero attached hydrogens (tertiary/aromatic N) is 3. The van der Waals surface area contributed by atoms with Gasteiger partial charge in [0.1, 0.15) is 17.3 Å². The van der Waals surface area contributed by atoms with Crippen molar-refractivity contribution in [1.82, 2.24) is 14.5 Å². The smallest absolute Gasteiger partial charge is 0.309 e. The molecular weight excluding hydrogens is 464 g/mol. The predicted molar refractivity (Wildman–Crippen MR) is 129 cm³/mol. The fraction of sp³-hybridized carbons (Fsp3) is 0.464. The number of pyridine rings is 1. The zero-order valence-corrected chi connectivity index (χ0v) is 20.1. The second-order valence-corrected chi connectivity index (χ2v) is 10.9. The number of aromatic nitrogens is 2. The van der Waals surface area contributed by atoms with Crippen molar-refractivity contribution in [3.63, 3.8) is 0 Å². The molecule has 7 rings (SSSR count). The van der Waals surface area contributed by atoms with Crippen LogP contribution in [0.2, 0.25) is 0 Å². The highest BCUT2D eigenvalue weighted by atomic mass is 19.1. The van der Waals surface area contributed by atoms with Crippen LogP contribution in [0.1, 0.15) is 61.8 Å². The van der Waals surface area contributed by atoms with E-state index in [9.17, 15) is 23.5 Å². The molecule has 8 heteroatoms. The van der Waals surface area contributed by atoms with E-state index in [2.05, 4.69) is 4.98 Å². The number of fused-ring (bicyclic) bond motifs is 6. The molecule has 2 aromatic heterocycles. The fourth-order valence-corrected chi connectivity index (χ4v) is 6.75. The van der Waals surface area contributed by atoms with Crippen LogP contribution in [0, 0.1) is 22.5 Å². The Labute approximate surface area is 207 Å². The molecule has 188 valence electrons. The van der Waals surface area contributed by atoms with Gasteiger partial charge in [0.25, 0.3) is 0 Å². The quantitative estimate of drug-likeness (QED) is 0.539. The first-order chi connectivity index (χ1) is 17.3. The molecule has 3 saturated carbocycles. The third kappa shape index (κ3) is 3.69. The van der Waals surface area contributed by atoms with Gasteiger partial charge in [0, 0.05) is 41.9 Å². The van der Waals surface area contributed by atoms with Crippen LogP contribution < -0.4 is 0 Å². The number of hydrogen-bond donors (Lipinski definition) is 1. The van der Waals surface area contributed by atoms with Crippen LogP contribution in [-0.2, 0) is 29.1 Å². The molecule has 0 atom stereocenters. The summed E-state index contributed by atoms with van der Waals surface area (Å²) >= 11 is 0. The predicted octanol–water partition coefficient (Wildman–Crippen LogP) is 5.06. The number of rotatable bonds is 5. The maximum absolute atomic E-state index is 14.5. The van der Waals surface area contributed by atoms with E-state index >= 15 is 0 Å². The number of halogens is 2. The van der Waals surface area contributed by atoms with Crippen LogP contribution in [0.25, 0.3) is 11.0 Å². The standard InChI is InChI=1S/C28H29F2N3O3/c29-19-4-3-18(22(30)14-19)16-33-23-17-32(13-5-20(23)21-2-1-12-31-25(21)33)24(34)15-27-6-9-28(10-7-27,11-8-27)26(35)36/h1-4,12,14H,5-11,13,15-17H2,(H,35,36). The van der Waals surface area contributed by atoms with Crippen LogP contribution in [0.4, 0.5) is 8.78 Å². The molecule has 36 heavy (non-hydrogen) atoms. The van der Waals surface area contributed by atoms with Gasteiger partial charge < -0.3 is 14.6 Å². The Morgan fingerprint density at radius 2 is 1.81 bits per heavy atom. The summed E-state index contributed by atoms with van der Waals surface area (Å²) in [6, 6.07) is 7.50. The van der Waals surface area contributed by atoms with Crippen LogP contribution in [0.3, 0.4) is 0 Å². The van der Waals surface area contributed by atoms with Crippen molar-refractivity contribution in [3.05, 3.63) is 65.0 Å². The molecular formula is C28H29F2N3O3. The molecule has 6 nitrogen and oxygen atoms in total. The van der Waals surface area contributed by atoms with E-state index in [0.717, 1.165) is 47.6 Å². The van der Waals surface area contributed by atoms with Gasteiger partial charge in [0.05, 0.1) is 18.5 Å². The van der Waals surface area contributed by atoms with Crippen molar-refractivity contribution < 1.29 is 23.5 Å². The highest BCUT2D eigenvalue weighted by Gasteiger charge is 2.53. The van der Waals surface area contributed by atoms with Crippen molar-refractivity contribution in [3.8, 4) is 0 Å². The minimum absolute atomic E-state index is 0.0972. The minimum atomic E-state index is -0.690. The monoisotopic (exact) mass is 493 g/mol. The van der Waals surface area contributed by atoms with Crippen molar-refractivity contribution in [2.24, 2.45) is 10.8 Å². The number of benzene rings is 1. The van der Waals surface area contributed by atoms with Crippen molar-refractivity contribution in [2.45, 2.75) is 64.5 Å². The van der Waals surface area contributed by atoms with E-state index in [1.54, 1.807) is 6.20 Å². The lowest BCUT2D eigenvalue weighted by Gasteiger charge is -2.51. The van der Waals surface area contributed by atoms with Gasteiger partial charge in [0.15, 0.2) is 0 Å². The minimum Gasteiger partial charge on any atom is -0.481 e. The summed E-state index contributed by atoms with van der Waals surface area (Å²) in [7, 11) is 0. The lowest BCUT2D eigenvalue weighted by atomic mass is 9.53. The Morgan fingerprint density at radius 1 is 1.06 bits per heavy atom. The van der Waals surface area contributed by atoms with E-state index in [1.165, 1.54) is 12.1 Å². The first-order valence-corrected chi connectivity index (χ1v) is 12.7. The fourth-order valence-electron chi connectivity index (χ4n) is 6.75. The Morgan fingerprint density at radius 3 is 2.50 bits per heavy atom. The van der Waals surface area contributed by atoms with Gasteiger partial charge >= 0.3 is 5.97 Å². The highest BCUT2D eigenvalue weighted by Crippen LogP contribution is 2.58. The zero-order valence-electron chi connectivity index (χ0n) is 20.1. The van der Waals surface area contributed by atoms with Crippen molar-refractivity contribution >= 4 is 22.9 Å². The van der Waals surface area contributed by atoms with Gasteiger partial charge in [-0.25, -0.2) is 13.8 Å². The summed E-state index contributed by atoms with van der Waals surface area (Å²) in [5.74, 6) is -1.81. The number of carboxylic acids is 1. The largest absolute Gasteiger partial charge is 0.481 e. The maximum atomic E-state index is 14.5. The first-order valence-electron chi connectivity index (χ1n) is 12.7. The lowest BCUT2D eigenvalue weighted by molar-refractivity contribution is -0.160. The molecule has 1 aliphatic heterocycles. The molecule has 3 heterocycles. The van der Waals surface area contributed by atoms with E-state index in [-0.39, 0.29) is 17.9 Å². The average Bonchev–Trinajstić information content (AvgIpc) is 3.19. The summed E-state index contributed by atoms with van der Waals surface area (Å²) in [4.78, 5) is 31.8. The van der Waals surface area contributed by atoms with E-state index in [0.29, 0.717) is 50.8 Å². The summed E-state index contributed by atoms with van der Waals surface area (Å²) in [6.45, 7) is 1.24. The normalized spacial score (nSPS) is 25.2. The molecule has 0 radical (unpaired) electrons. The summed E-state index contributed by atoms with van der Waals surface area (Å²) in [6.07, 6.45) is 7.18. The number of hydrogen-bond acceptors (Lipinski definition) is 3. The molecule has 1 aromatic carbocycles. The maximum Gasteiger partial charge on any atom is 0.309 e. The summed E-state index contributed by atoms with van der Waals surface area (Å²) in [5, 5.41) is 10.7. The summed E-state index contributed by atoms with van der Waals surface area (Å²) < 4.78 is 30.0. The number of aliphatic carboxylic acids is 1. The van der Waals surface area contributed by atoms with E-state index < -0.39 is 23.0 Å². The molecule has 1 N–H and O–H groups in total. The third-order valence-electron chi connectivity index (χ3n) is 9.09. The second kappa shape index (κ2) is 8.39. The third-order valence-corrected chi connectivity index (χ3v) is 9.09. The Balaban J connectivity index is 1.26. The van der Waals surface area contributed by atoms with E-state index in [4.69, 9.17) is 0 Å². The average molecular weight is 494 g/mol.